The lowest BCUT2D eigenvalue weighted by atomic mass is 9.96. The number of aromatic hydroxyl groups is 1. The minimum absolute atomic E-state index is 0.00132. The number of carboxylic acid groups (broad SMARTS) is 1. The summed E-state index contributed by atoms with van der Waals surface area (Å²) in [7, 11) is 0. The molecule has 2 rings (SSSR count). The number of carboxylic acids is 1. The van der Waals surface area contributed by atoms with Gasteiger partial charge in [-0.15, -0.1) is 0 Å². The molecule has 0 bridgehead atoms. The molecule has 1 unspecified atom stereocenters. The topological polar surface area (TPSA) is 83.6 Å². The van der Waals surface area contributed by atoms with Gasteiger partial charge < -0.3 is 15.9 Å². The number of phenolic OH excluding ortho intramolecular Hbond substituents is 1. The Labute approximate surface area is 109 Å². The highest BCUT2D eigenvalue weighted by Crippen LogP contribution is 2.33. The van der Waals surface area contributed by atoms with Crippen LogP contribution in [0.15, 0.2) is 30.3 Å². The van der Waals surface area contributed by atoms with Crippen LogP contribution in [0.1, 0.15) is 18.0 Å². The van der Waals surface area contributed by atoms with E-state index in [4.69, 9.17) is 22.4 Å². The maximum Gasteiger partial charge on any atom is 0.305 e. The van der Waals surface area contributed by atoms with Crippen LogP contribution in [0.2, 0.25) is 5.02 Å². The molecule has 0 aliphatic carbocycles. The fourth-order valence-electron chi connectivity index (χ4n) is 1.99. The average Bonchev–Trinajstić information content (AvgIpc) is 2.28. The van der Waals surface area contributed by atoms with Gasteiger partial charge in [0.05, 0.1) is 6.42 Å². The Morgan fingerprint density at radius 2 is 2.06 bits per heavy atom. The van der Waals surface area contributed by atoms with Crippen LogP contribution in [0, 0.1) is 0 Å². The third-order valence-electron chi connectivity index (χ3n) is 2.77. The monoisotopic (exact) mass is 265 g/mol. The van der Waals surface area contributed by atoms with Crippen molar-refractivity contribution < 1.29 is 15.0 Å². The van der Waals surface area contributed by atoms with E-state index < -0.39 is 12.0 Å². The molecule has 0 amide bonds. The molecule has 2 aromatic carbocycles. The minimum Gasteiger partial charge on any atom is -0.508 e. The molecule has 94 valence electrons. The third-order valence-corrected chi connectivity index (χ3v) is 3.00. The molecular weight excluding hydrogens is 254 g/mol. The Bertz CT molecular complexity index is 612. The van der Waals surface area contributed by atoms with Crippen molar-refractivity contribution in [1.82, 2.24) is 0 Å². The van der Waals surface area contributed by atoms with Gasteiger partial charge in [-0.2, -0.15) is 0 Å². The van der Waals surface area contributed by atoms with E-state index in [0.29, 0.717) is 16.0 Å². The van der Waals surface area contributed by atoms with Crippen molar-refractivity contribution in [2.75, 3.05) is 0 Å². The van der Waals surface area contributed by atoms with Crippen molar-refractivity contribution in [2.24, 2.45) is 5.73 Å². The number of nitrogens with two attached hydrogens (primary N) is 1. The first-order valence-electron chi connectivity index (χ1n) is 5.37. The van der Waals surface area contributed by atoms with Crippen molar-refractivity contribution in [3.8, 4) is 5.75 Å². The van der Waals surface area contributed by atoms with E-state index in [0.717, 1.165) is 5.39 Å². The van der Waals surface area contributed by atoms with Crippen LogP contribution in [-0.2, 0) is 4.79 Å². The van der Waals surface area contributed by atoms with Gasteiger partial charge in [0, 0.05) is 16.6 Å². The van der Waals surface area contributed by atoms with Gasteiger partial charge in [0.1, 0.15) is 5.75 Å². The van der Waals surface area contributed by atoms with Gasteiger partial charge in [-0.1, -0.05) is 23.7 Å². The van der Waals surface area contributed by atoms with E-state index in [1.807, 2.05) is 0 Å². The van der Waals surface area contributed by atoms with Gasteiger partial charge in [0.15, 0.2) is 0 Å². The Balaban J connectivity index is 2.60. The molecule has 1 atom stereocenters. The molecule has 0 aromatic heterocycles. The summed E-state index contributed by atoms with van der Waals surface area (Å²) in [5.74, 6) is -1.01. The number of fused-ring (bicyclic) bond motifs is 1. The second kappa shape index (κ2) is 4.84. The Hall–Kier alpha value is -1.78. The summed E-state index contributed by atoms with van der Waals surface area (Å²) >= 11 is 5.89. The van der Waals surface area contributed by atoms with Crippen LogP contribution >= 0.6 is 11.6 Å². The standard InChI is InChI=1S/C13H12ClNO3/c14-8-2-3-9-7(5-8)1-4-11(16)13(9)10(15)6-12(17)18/h1-5,10,16H,6,15H2,(H,17,18). The average molecular weight is 266 g/mol. The quantitative estimate of drug-likeness (QED) is 0.797. The Morgan fingerprint density at radius 3 is 2.72 bits per heavy atom. The fraction of sp³-hybridized carbons (Fsp3) is 0.154. The molecule has 0 fully saturated rings. The van der Waals surface area contributed by atoms with Gasteiger partial charge in [0.2, 0.25) is 0 Å². The summed E-state index contributed by atoms with van der Waals surface area (Å²) in [5, 5.41) is 20.7. The highest BCUT2D eigenvalue weighted by molar-refractivity contribution is 6.31. The van der Waals surface area contributed by atoms with Crippen molar-refractivity contribution >= 4 is 28.3 Å². The number of phenols is 1. The van der Waals surface area contributed by atoms with E-state index in [1.165, 1.54) is 6.07 Å². The first kappa shape index (κ1) is 12.7. The summed E-state index contributed by atoms with van der Waals surface area (Å²) < 4.78 is 0. The molecule has 18 heavy (non-hydrogen) atoms. The molecule has 0 saturated heterocycles. The normalized spacial score (nSPS) is 12.6. The maximum absolute atomic E-state index is 10.7. The molecule has 0 spiro atoms. The highest BCUT2D eigenvalue weighted by atomic mass is 35.5. The van der Waals surface area contributed by atoms with Crippen molar-refractivity contribution in [1.29, 1.82) is 0 Å². The van der Waals surface area contributed by atoms with Crippen LogP contribution in [0.5, 0.6) is 5.75 Å². The number of hydrogen-bond donors (Lipinski definition) is 3. The minimum atomic E-state index is -1.01. The SMILES string of the molecule is NC(CC(=O)O)c1c(O)ccc2cc(Cl)ccc12. The van der Waals surface area contributed by atoms with E-state index in [1.54, 1.807) is 24.3 Å². The van der Waals surface area contributed by atoms with E-state index in [2.05, 4.69) is 0 Å². The van der Waals surface area contributed by atoms with Gasteiger partial charge in [-0.25, -0.2) is 0 Å². The van der Waals surface area contributed by atoms with Gasteiger partial charge in [-0.05, 0) is 29.0 Å². The van der Waals surface area contributed by atoms with Crippen molar-refractivity contribution in [3.63, 3.8) is 0 Å². The van der Waals surface area contributed by atoms with Crippen molar-refractivity contribution in [2.45, 2.75) is 12.5 Å². The zero-order valence-corrected chi connectivity index (χ0v) is 10.2. The summed E-state index contributed by atoms with van der Waals surface area (Å²) in [4.78, 5) is 10.7. The van der Waals surface area contributed by atoms with E-state index >= 15 is 0 Å². The molecule has 0 heterocycles. The largest absolute Gasteiger partial charge is 0.508 e. The first-order valence-corrected chi connectivity index (χ1v) is 5.75. The second-order valence-electron chi connectivity index (χ2n) is 4.07. The van der Waals surface area contributed by atoms with Gasteiger partial charge in [-0.3, -0.25) is 4.79 Å². The molecule has 0 saturated carbocycles. The lowest BCUT2D eigenvalue weighted by Crippen LogP contribution is -2.15. The van der Waals surface area contributed by atoms with E-state index in [-0.39, 0.29) is 12.2 Å². The van der Waals surface area contributed by atoms with Crippen molar-refractivity contribution in [3.05, 3.63) is 40.9 Å². The van der Waals surface area contributed by atoms with Crippen LogP contribution < -0.4 is 5.73 Å². The van der Waals surface area contributed by atoms with Gasteiger partial charge >= 0.3 is 5.97 Å². The molecule has 0 radical (unpaired) electrons. The molecular formula is C13H12ClNO3. The molecule has 5 heteroatoms. The van der Waals surface area contributed by atoms with Gasteiger partial charge in [0.25, 0.3) is 0 Å². The molecule has 2 aromatic rings. The molecule has 0 aliphatic rings. The highest BCUT2D eigenvalue weighted by Gasteiger charge is 2.17. The summed E-state index contributed by atoms with van der Waals surface area (Å²) in [6.45, 7) is 0. The number of rotatable bonds is 3. The molecule has 4 nitrogen and oxygen atoms in total. The summed E-state index contributed by atoms with van der Waals surface area (Å²) in [5.41, 5.74) is 6.26. The molecule has 0 aliphatic heterocycles. The first-order chi connectivity index (χ1) is 8.49. The summed E-state index contributed by atoms with van der Waals surface area (Å²) in [6, 6.07) is 7.61. The predicted molar refractivity (Wildman–Crippen MR) is 69.8 cm³/mol. The van der Waals surface area contributed by atoms with Crippen LogP contribution in [0.25, 0.3) is 10.8 Å². The summed E-state index contributed by atoms with van der Waals surface area (Å²) in [6.07, 6.45) is -0.241. The number of carbonyl (C=O) groups is 1. The molecule has 4 N–H and O–H groups in total. The number of aliphatic carboxylic acids is 1. The Morgan fingerprint density at radius 1 is 1.33 bits per heavy atom. The van der Waals surface area contributed by atoms with Crippen LogP contribution in [0.3, 0.4) is 0 Å². The zero-order chi connectivity index (χ0) is 13.3. The lowest BCUT2D eigenvalue weighted by Gasteiger charge is -2.14. The van der Waals surface area contributed by atoms with Crippen LogP contribution in [0.4, 0.5) is 0 Å². The number of halogens is 1. The third kappa shape index (κ3) is 2.39. The second-order valence-corrected chi connectivity index (χ2v) is 4.50. The fourth-order valence-corrected chi connectivity index (χ4v) is 2.17. The number of hydrogen-bond acceptors (Lipinski definition) is 3. The zero-order valence-electron chi connectivity index (χ0n) is 9.43. The maximum atomic E-state index is 10.7. The van der Waals surface area contributed by atoms with Crippen LogP contribution in [-0.4, -0.2) is 16.2 Å². The lowest BCUT2D eigenvalue weighted by molar-refractivity contribution is -0.137. The van der Waals surface area contributed by atoms with E-state index in [9.17, 15) is 9.90 Å². The Kier molecular flexibility index (Phi) is 3.41. The smallest absolute Gasteiger partial charge is 0.305 e. The predicted octanol–water partition coefficient (Wildman–Crippen LogP) is 2.67. The number of benzene rings is 2.